The number of nitrogens with zero attached hydrogens (tertiary/aromatic N) is 2. The number of nitro groups is 2. The molecule has 0 spiro atoms. The maximum absolute atomic E-state index is 11.0. The van der Waals surface area contributed by atoms with E-state index in [9.17, 15) is 20.2 Å². The van der Waals surface area contributed by atoms with Crippen LogP contribution in [-0.4, -0.2) is 9.85 Å². The number of rotatable bonds is 4. The fraction of sp³-hybridized carbons (Fsp3) is 0.143. The number of para-hydroxylation sites is 2. The molecule has 0 saturated heterocycles. The number of hydrogen-bond acceptors (Lipinski definition) is 4. The summed E-state index contributed by atoms with van der Waals surface area (Å²) in [5, 5.41) is 22.1. The molecule has 0 aromatic heterocycles. The minimum Gasteiger partial charge on any atom is -0.258 e. The van der Waals surface area contributed by atoms with E-state index in [4.69, 9.17) is 0 Å². The van der Waals surface area contributed by atoms with Crippen LogP contribution in [0.1, 0.15) is 24.0 Å². The van der Waals surface area contributed by atoms with Crippen molar-refractivity contribution in [1.82, 2.24) is 0 Å². The number of hydrogen-bond donors (Lipinski definition) is 0. The average Bonchev–Trinajstić information content (AvgIpc) is 2.46. The molecule has 2 rings (SSSR count). The molecular weight excluding hydrogens is 260 g/mol. The fourth-order valence-corrected chi connectivity index (χ4v) is 2.21. The highest BCUT2D eigenvalue weighted by Gasteiger charge is 2.24. The molecule has 20 heavy (non-hydrogen) atoms. The summed E-state index contributed by atoms with van der Waals surface area (Å²) in [4.78, 5) is 21.2. The fourth-order valence-electron chi connectivity index (χ4n) is 2.21. The van der Waals surface area contributed by atoms with Gasteiger partial charge < -0.3 is 0 Å². The molecular formula is C14H12N2O4. The Morgan fingerprint density at radius 3 is 1.50 bits per heavy atom. The molecule has 6 heteroatoms. The molecule has 0 fully saturated rings. The van der Waals surface area contributed by atoms with Crippen molar-refractivity contribution in [2.45, 2.75) is 12.8 Å². The monoisotopic (exact) mass is 272 g/mol. The summed E-state index contributed by atoms with van der Waals surface area (Å²) in [5.41, 5.74) is 0.870. The zero-order chi connectivity index (χ0) is 14.7. The smallest absolute Gasteiger partial charge is 0.258 e. The minimum absolute atomic E-state index is 0.0295. The summed E-state index contributed by atoms with van der Waals surface area (Å²) in [6.45, 7) is 1.73. The second kappa shape index (κ2) is 5.48. The lowest BCUT2D eigenvalue weighted by Crippen LogP contribution is -2.04. The Hall–Kier alpha value is -2.76. The van der Waals surface area contributed by atoms with Crippen molar-refractivity contribution in [2.75, 3.05) is 0 Å². The quantitative estimate of drug-likeness (QED) is 0.627. The third kappa shape index (κ3) is 2.49. The third-order valence-corrected chi connectivity index (χ3v) is 3.20. The van der Waals surface area contributed by atoms with Gasteiger partial charge >= 0.3 is 0 Å². The van der Waals surface area contributed by atoms with Crippen LogP contribution in [0.2, 0.25) is 0 Å². The van der Waals surface area contributed by atoms with Crippen molar-refractivity contribution in [3.8, 4) is 0 Å². The first kappa shape index (κ1) is 13.7. The molecule has 0 aliphatic rings. The average molecular weight is 272 g/mol. The molecule has 0 N–H and O–H groups in total. The first-order valence-corrected chi connectivity index (χ1v) is 5.99. The Morgan fingerprint density at radius 2 is 1.15 bits per heavy atom. The summed E-state index contributed by atoms with van der Waals surface area (Å²) in [5.74, 6) is -0.432. The molecule has 0 unspecified atom stereocenters. The summed E-state index contributed by atoms with van der Waals surface area (Å²) in [6, 6.07) is 12.6. The zero-order valence-electron chi connectivity index (χ0n) is 10.7. The zero-order valence-corrected chi connectivity index (χ0v) is 10.7. The van der Waals surface area contributed by atoms with Crippen LogP contribution < -0.4 is 0 Å². The van der Waals surface area contributed by atoms with Gasteiger partial charge in [0.25, 0.3) is 11.4 Å². The van der Waals surface area contributed by atoms with Gasteiger partial charge in [-0.05, 0) is 0 Å². The standard InChI is InChI=1S/C14H12N2O4/c1-10(11-6-2-4-8-13(11)15(17)18)12-7-3-5-9-14(12)16(19)20/h2-10H,1H3. The van der Waals surface area contributed by atoms with Gasteiger partial charge in [-0.15, -0.1) is 0 Å². The third-order valence-electron chi connectivity index (χ3n) is 3.20. The molecule has 0 heterocycles. The van der Waals surface area contributed by atoms with Crippen LogP contribution in [0.25, 0.3) is 0 Å². The van der Waals surface area contributed by atoms with E-state index in [0.717, 1.165) is 0 Å². The largest absolute Gasteiger partial charge is 0.273 e. The van der Waals surface area contributed by atoms with Crippen molar-refractivity contribution >= 4 is 11.4 Å². The highest BCUT2D eigenvalue weighted by molar-refractivity contribution is 5.51. The van der Waals surface area contributed by atoms with Gasteiger partial charge in [0.15, 0.2) is 0 Å². The van der Waals surface area contributed by atoms with E-state index in [0.29, 0.717) is 11.1 Å². The van der Waals surface area contributed by atoms with Gasteiger partial charge in [-0.1, -0.05) is 43.3 Å². The maximum atomic E-state index is 11.0. The Bertz CT molecular complexity index is 612. The van der Waals surface area contributed by atoms with Crippen LogP contribution in [0, 0.1) is 20.2 Å². The normalized spacial score (nSPS) is 10.5. The van der Waals surface area contributed by atoms with Gasteiger partial charge in [0, 0.05) is 29.2 Å². The molecule has 2 aromatic rings. The molecule has 0 radical (unpaired) electrons. The van der Waals surface area contributed by atoms with Crippen LogP contribution in [0.15, 0.2) is 48.5 Å². The van der Waals surface area contributed by atoms with Gasteiger partial charge in [-0.3, -0.25) is 20.2 Å². The van der Waals surface area contributed by atoms with Crippen LogP contribution in [-0.2, 0) is 0 Å². The van der Waals surface area contributed by atoms with Crippen molar-refractivity contribution in [2.24, 2.45) is 0 Å². The molecule has 6 nitrogen and oxygen atoms in total. The molecule has 0 atom stereocenters. The summed E-state index contributed by atoms with van der Waals surface area (Å²) in [7, 11) is 0. The first-order valence-electron chi connectivity index (χ1n) is 5.99. The Kier molecular flexibility index (Phi) is 3.74. The second-order valence-electron chi connectivity index (χ2n) is 4.35. The van der Waals surface area contributed by atoms with Crippen molar-refractivity contribution in [1.29, 1.82) is 0 Å². The van der Waals surface area contributed by atoms with Gasteiger partial charge in [0.05, 0.1) is 9.85 Å². The number of benzene rings is 2. The van der Waals surface area contributed by atoms with Gasteiger partial charge in [-0.25, -0.2) is 0 Å². The lowest BCUT2D eigenvalue weighted by Gasteiger charge is -2.12. The summed E-state index contributed by atoms with van der Waals surface area (Å²) >= 11 is 0. The van der Waals surface area contributed by atoms with E-state index in [1.165, 1.54) is 12.1 Å². The SMILES string of the molecule is CC(c1ccccc1[N+](=O)[O-])c1ccccc1[N+](=O)[O-]. The lowest BCUT2D eigenvalue weighted by molar-refractivity contribution is -0.386. The topological polar surface area (TPSA) is 86.3 Å². The lowest BCUT2D eigenvalue weighted by atomic mass is 9.91. The first-order chi connectivity index (χ1) is 9.52. The second-order valence-corrected chi connectivity index (χ2v) is 4.35. The van der Waals surface area contributed by atoms with E-state index in [2.05, 4.69) is 0 Å². The van der Waals surface area contributed by atoms with Gasteiger partial charge in [-0.2, -0.15) is 0 Å². The molecule has 0 aliphatic heterocycles. The molecule has 0 amide bonds. The Balaban J connectivity index is 2.55. The van der Waals surface area contributed by atoms with Crippen LogP contribution in [0.5, 0.6) is 0 Å². The molecule has 0 saturated carbocycles. The van der Waals surface area contributed by atoms with Crippen LogP contribution in [0.4, 0.5) is 11.4 Å². The summed E-state index contributed by atoms with van der Waals surface area (Å²) in [6.07, 6.45) is 0. The van der Waals surface area contributed by atoms with E-state index >= 15 is 0 Å². The minimum atomic E-state index is -0.472. The predicted octanol–water partition coefficient (Wildman–Crippen LogP) is 3.65. The van der Waals surface area contributed by atoms with Gasteiger partial charge in [0.2, 0.25) is 0 Å². The highest BCUT2D eigenvalue weighted by Crippen LogP contribution is 2.35. The highest BCUT2D eigenvalue weighted by atomic mass is 16.6. The van der Waals surface area contributed by atoms with Crippen LogP contribution in [0.3, 0.4) is 0 Å². The molecule has 0 aliphatic carbocycles. The van der Waals surface area contributed by atoms with Crippen molar-refractivity contribution in [3.05, 3.63) is 79.9 Å². The number of nitro benzene ring substituents is 2. The van der Waals surface area contributed by atoms with Gasteiger partial charge in [0.1, 0.15) is 0 Å². The van der Waals surface area contributed by atoms with E-state index in [1.54, 1.807) is 43.3 Å². The van der Waals surface area contributed by atoms with Crippen molar-refractivity contribution in [3.63, 3.8) is 0 Å². The Morgan fingerprint density at radius 1 is 0.800 bits per heavy atom. The van der Waals surface area contributed by atoms with E-state index in [-0.39, 0.29) is 11.4 Å². The molecule has 2 aromatic carbocycles. The predicted molar refractivity (Wildman–Crippen MR) is 73.7 cm³/mol. The maximum Gasteiger partial charge on any atom is 0.273 e. The summed E-state index contributed by atoms with van der Waals surface area (Å²) < 4.78 is 0. The van der Waals surface area contributed by atoms with Crippen molar-refractivity contribution < 1.29 is 9.85 Å². The van der Waals surface area contributed by atoms with E-state index in [1.807, 2.05) is 0 Å². The molecule has 0 bridgehead atoms. The Labute approximate surface area is 115 Å². The molecule has 102 valence electrons. The van der Waals surface area contributed by atoms with Crippen LogP contribution >= 0.6 is 0 Å². The van der Waals surface area contributed by atoms with E-state index < -0.39 is 15.8 Å².